The summed E-state index contributed by atoms with van der Waals surface area (Å²) in [7, 11) is 5.04. The van der Waals surface area contributed by atoms with Crippen molar-refractivity contribution in [2.45, 2.75) is 38.1 Å². The van der Waals surface area contributed by atoms with Gasteiger partial charge in [-0.05, 0) is 25.3 Å². The first-order chi connectivity index (χ1) is 10.8. The Morgan fingerprint density at radius 2 is 1.82 bits per heavy atom. The van der Waals surface area contributed by atoms with E-state index in [-0.39, 0.29) is 0 Å². The lowest BCUT2D eigenvalue weighted by Gasteiger charge is -2.20. The summed E-state index contributed by atoms with van der Waals surface area (Å²) in [5, 5.41) is 2.38. The third kappa shape index (κ3) is 1.73. The van der Waals surface area contributed by atoms with Crippen LogP contribution < -0.4 is 18.8 Å². The highest BCUT2D eigenvalue weighted by Gasteiger charge is 2.37. The minimum absolute atomic E-state index is 0.676. The summed E-state index contributed by atoms with van der Waals surface area (Å²) in [5.74, 6) is 2.92. The number of pyridine rings is 1. The summed E-state index contributed by atoms with van der Waals surface area (Å²) in [4.78, 5) is 0. The zero-order valence-corrected chi connectivity index (χ0v) is 13.4. The van der Waals surface area contributed by atoms with Crippen LogP contribution in [-0.2, 0) is 13.0 Å². The highest BCUT2D eigenvalue weighted by atomic mass is 16.5. The molecule has 0 spiro atoms. The van der Waals surface area contributed by atoms with Crippen molar-refractivity contribution in [2.24, 2.45) is 0 Å². The Morgan fingerprint density at radius 3 is 2.55 bits per heavy atom. The molecule has 0 unspecified atom stereocenters. The van der Waals surface area contributed by atoms with Crippen molar-refractivity contribution in [3.05, 3.63) is 23.5 Å². The lowest BCUT2D eigenvalue weighted by atomic mass is 9.84. The first-order valence-corrected chi connectivity index (χ1v) is 7.96. The maximum absolute atomic E-state index is 5.68. The van der Waals surface area contributed by atoms with Crippen LogP contribution in [0.4, 0.5) is 0 Å². The number of rotatable bonds is 3. The van der Waals surface area contributed by atoms with Crippen LogP contribution in [0.3, 0.4) is 0 Å². The molecule has 0 saturated carbocycles. The Hall–Kier alpha value is -1.97. The van der Waals surface area contributed by atoms with E-state index in [1.54, 1.807) is 21.3 Å². The molecule has 1 atom stereocenters. The molecule has 4 rings (SSSR count). The number of aromatic nitrogens is 1. The number of hydrogen-bond donors (Lipinski definition) is 0. The van der Waals surface area contributed by atoms with Gasteiger partial charge >= 0.3 is 0 Å². The second-order valence-corrected chi connectivity index (χ2v) is 6.17. The highest BCUT2D eigenvalue weighted by Crippen LogP contribution is 2.47. The van der Waals surface area contributed by atoms with Crippen LogP contribution in [0.15, 0.2) is 12.3 Å². The van der Waals surface area contributed by atoms with E-state index >= 15 is 0 Å². The molecule has 1 aromatic carbocycles. The molecule has 2 aromatic rings. The Balaban J connectivity index is 2.11. The molecule has 0 amide bonds. The minimum atomic E-state index is 0.676. The van der Waals surface area contributed by atoms with Crippen molar-refractivity contribution < 1.29 is 18.8 Å². The van der Waals surface area contributed by atoms with E-state index < -0.39 is 0 Å². The molecule has 2 aliphatic rings. The molecule has 1 aliphatic carbocycles. The molecule has 0 N–H and O–H groups in total. The van der Waals surface area contributed by atoms with Gasteiger partial charge in [-0.1, -0.05) is 0 Å². The van der Waals surface area contributed by atoms with Gasteiger partial charge in [0.05, 0.1) is 32.6 Å². The topological polar surface area (TPSA) is 31.6 Å². The second kappa shape index (κ2) is 5.04. The zero-order valence-electron chi connectivity index (χ0n) is 13.4. The monoisotopic (exact) mass is 300 g/mol. The van der Waals surface area contributed by atoms with Crippen LogP contribution in [0.5, 0.6) is 17.2 Å². The second-order valence-electron chi connectivity index (χ2n) is 6.17. The van der Waals surface area contributed by atoms with Gasteiger partial charge < -0.3 is 14.2 Å². The first kappa shape index (κ1) is 13.7. The molecular formula is C18H22NO3+. The number of fused-ring (bicyclic) bond motifs is 2. The van der Waals surface area contributed by atoms with Crippen LogP contribution in [0, 0.1) is 0 Å². The van der Waals surface area contributed by atoms with E-state index in [1.165, 1.54) is 35.9 Å². The van der Waals surface area contributed by atoms with Gasteiger partial charge in [-0.15, -0.1) is 0 Å². The lowest BCUT2D eigenvalue weighted by Crippen LogP contribution is -2.35. The number of benzene rings is 1. The molecule has 2 heterocycles. The lowest BCUT2D eigenvalue weighted by molar-refractivity contribution is -0.690. The molecule has 0 saturated heterocycles. The molecule has 4 heteroatoms. The van der Waals surface area contributed by atoms with Gasteiger partial charge in [-0.2, -0.15) is 0 Å². The van der Waals surface area contributed by atoms with Gasteiger partial charge in [0, 0.05) is 17.4 Å². The van der Waals surface area contributed by atoms with Gasteiger partial charge in [-0.25, -0.2) is 4.57 Å². The van der Waals surface area contributed by atoms with E-state index in [2.05, 4.69) is 16.8 Å². The fourth-order valence-electron chi connectivity index (χ4n) is 4.26. The number of methoxy groups -OCH3 is 3. The van der Waals surface area contributed by atoms with Crippen molar-refractivity contribution in [3.63, 3.8) is 0 Å². The summed E-state index contributed by atoms with van der Waals surface area (Å²) < 4.78 is 19.2. The van der Waals surface area contributed by atoms with Gasteiger partial charge in [0.2, 0.25) is 5.75 Å². The maximum Gasteiger partial charge on any atom is 0.204 e. The molecule has 1 aliphatic heterocycles. The van der Waals surface area contributed by atoms with Gasteiger partial charge in [-0.3, -0.25) is 0 Å². The smallest absolute Gasteiger partial charge is 0.204 e. The minimum Gasteiger partial charge on any atom is -0.493 e. The van der Waals surface area contributed by atoms with E-state index in [9.17, 15) is 0 Å². The standard InChI is InChI=1S/C18H22NO3/c1-20-15-9-13-12-6-4-5-11-7-8-19(16(11)12)10-14(13)17(21-2)18(15)22-3/h9-11H,4-8H2,1-3H3/q+1/t11-/m1/s1. The van der Waals surface area contributed by atoms with E-state index in [4.69, 9.17) is 14.2 Å². The summed E-state index contributed by atoms with van der Waals surface area (Å²) in [6, 6.07) is 2.12. The third-order valence-electron chi connectivity index (χ3n) is 5.18. The molecule has 0 radical (unpaired) electrons. The largest absolute Gasteiger partial charge is 0.493 e. The Kier molecular flexibility index (Phi) is 3.13. The highest BCUT2D eigenvalue weighted by molar-refractivity contribution is 5.94. The van der Waals surface area contributed by atoms with Gasteiger partial charge in [0.25, 0.3) is 0 Å². The normalized spacial score (nSPS) is 19.1. The van der Waals surface area contributed by atoms with E-state index in [0.29, 0.717) is 5.75 Å². The number of aryl methyl sites for hydroxylation is 2. The zero-order chi connectivity index (χ0) is 15.3. The number of ether oxygens (including phenoxy) is 3. The van der Waals surface area contributed by atoms with Gasteiger partial charge in [0.15, 0.2) is 23.4 Å². The number of nitrogens with zero attached hydrogens (tertiary/aromatic N) is 1. The average Bonchev–Trinajstić information content (AvgIpc) is 2.98. The Labute approximate surface area is 130 Å². The molecule has 0 fully saturated rings. The first-order valence-electron chi connectivity index (χ1n) is 7.96. The summed E-state index contributed by atoms with van der Waals surface area (Å²) in [6.07, 6.45) is 7.23. The third-order valence-corrected chi connectivity index (χ3v) is 5.18. The molecule has 116 valence electrons. The van der Waals surface area contributed by atoms with Crippen molar-refractivity contribution >= 4 is 10.8 Å². The van der Waals surface area contributed by atoms with Crippen LogP contribution >= 0.6 is 0 Å². The SMILES string of the molecule is COc1cc2c3c4[n+](cc2c(OC)c1OC)CC[C@H]4CCC3. The van der Waals surface area contributed by atoms with Crippen molar-refractivity contribution in [1.29, 1.82) is 0 Å². The Morgan fingerprint density at radius 1 is 1.00 bits per heavy atom. The van der Waals surface area contributed by atoms with Crippen molar-refractivity contribution in [1.82, 2.24) is 0 Å². The number of hydrogen-bond acceptors (Lipinski definition) is 3. The Bertz CT molecular complexity index is 754. The van der Waals surface area contributed by atoms with E-state index in [1.807, 2.05) is 0 Å². The van der Waals surface area contributed by atoms with Crippen LogP contribution in [0.1, 0.15) is 36.4 Å². The summed E-state index contributed by atoms with van der Waals surface area (Å²) >= 11 is 0. The van der Waals surface area contributed by atoms with Crippen LogP contribution in [0.25, 0.3) is 10.8 Å². The average molecular weight is 300 g/mol. The fourth-order valence-corrected chi connectivity index (χ4v) is 4.26. The maximum atomic E-state index is 5.68. The quantitative estimate of drug-likeness (QED) is 0.817. The molecule has 0 bridgehead atoms. The molecule has 22 heavy (non-hydrogen) atoms. The predicted molar refractivity (Wildman–Crippen MR) is 84.1 cm³/mol. The predicted octanol–water partition coefficient (Wildman–Crippen LogP) is 2.98. The van der Waals surface area contributed by atoms with Crippen LogP contribution in [-0.4, -0.2) is 21.3 Å². The molecule has 4 nitrogen and oxygen atoms in total. The van der Waals surface area contributed by atoms with Crippen molar-refractivity contribution in [2.75, 3.05) is 21.3 Å². The fraction of sp³-hybridized carbons (Fsp3) is 0.500. The van der Waals surface area contributed by atoms with Gasteiger partial charge in [0.1, 0.15) is 6.54 Å². The summed E-state index contributed by atoms with van der Waals surface area (Å²) in [6.45, 7) is 1.11. The van der Waals surface area contributed by atoms with E-state index in [0.717, 1.165) is 35.8 Å². The summed E-state index contributed by atoms with van der Waals surface area (Å²) in [5.41, 5.74) is 3.01. The molecular weight excluding hydrogens is 278 g/mol. The molecule has 1 aromatic heterocycles. The van der Waals surface area contributed by atoms with Crippen LogP contribution in [0.2, 0.25) is 0 Å². The van der Waals surface area contributed by atoms with Crippen molar-refractivity contribution in [3.8, 4) is 17.2 Å².